The molecule has 0 aliphatic carbocycles. The molecule has 3 heterocycles. The van der Waals surface area contributed by atoms with E-state index in [1.165, 1.54) is 65.6 Å². The van der Waals surface area contributed by atoms with Crippen molar-refractivity contribution in [1.29, 1.82) is 0 Å². The van der Waals surface area contributed by atoms with Gasteiger partial charge in [-0.05, 0) is 193 Å². The molecule has 1 aliphatic heterocycles. The van der Waals surface area contributed by atoms with Gasteiger partial charge in [-0.15, -0.1) is 0 Å². The van der Waals surface area contributed by atoms with Crippen molar-refractivity contribution in [3.05, 3.63) is 228 Å². The van der Waals surface area contributed by atoms with Gasteiger partial charge in [0.2, 0.25) is 0 Å². The van der Waals surface area contributed by atoms with Crippen LogP contribution in [0.4, 0.5) is 0 Å². The van der Waals surface area contributed by atoms with Gasteiger partial charge < -0.3 is 38.3 Å². The van der Waals surface area contributed by atoms with Crippen molar-refractivity contribution < 1.29 is 29.2 Å². The van der Waals surface area contributed by atoms with Gasteiger partial charge in [0, 0.05) is 46.8 Å². The van der Waals surface area contributed by atoms with Crippen molar-refractivity contribution in [3.8, 4) is 57.0 Å². The number of phenols is 2. The highest BCUT2D eigenvalue weighted by Gasteiger charge is 2.20. The van der Waals surface area contributed by atoms with Crippen LogP contribution in [0.25, 0.3) is 44.3 Å². The molecule has 0 amide bonds. The third kappa shape index (κ3) is 13.6. The fraction of sp³-hybridized carbons (Fsp3) is 0.235. The van der Waals surface area contributed by atoms with Gasteiger partial charge in [0.05, 0.1) is 18.0 Å². The second-order valence-corrected chi connectivity index (χ2v) is 20.5. The fourth-order valence-corrected chi connectivity index (χ4v) is 10.5. The molecule has 0 saturated carbocycles. The van der Waals surface area contributed by atoms with E-state index in [0.717, 1.165) is 92.4 Å². The van der Waals surface area contributed by atoms with Crippen molar-refractivity contribution in [1.82, 2.24) is 14.0 Å². The largest absolute Gasteiger partial charge is 0.508 e. The molecule has 1 aliphatic rings. The maximum Gasteiger partial charge on any atom is 0.120 e. The average molecular weight is 1110 g/mol. The van der Waals surface area contributed by atoms with Crippen molar-refractivity contribution in [2.75, 3.05) is 38.2 Å². The molecule has 1 saturated heterocycles. The molecule has 400 valence electrons. The lowest BCUT2D eigenvalue weighted by Crippen LogP contribution is -2.33. The lowest BCUT2D eigenvalue weighted by molar-refractivity contribution is 0.183. The molecule has 10 aromatic rings. The highest BCUT2D eigenvalue weighted by atomic mass is 79.9. The number of aryl methyl sites for hydroxylation is 2. The maximum absolute atomic E-state index is 10.1. The number of piperidine rings is 1. The smallest absolute Gasteiger partial charge is 0.120 e. The Morgan fingerprint density at radius 1 is 0.436 bits per heavy atom. The average Bonchev–Trinajstić information content (AvgIpc) is 4.11. The van der Waals surface area contributed by atoms with Gasteiger partial charge in [-0.2, -0.15) is 0 Å². The normalized spacial score (nSPS) is 12.4. The zero-order valence-corrected chi connectivity index (χ0v) is 45.5. The second kappa shape index (κ2) is 26.4. The van der Waals surface area contributed by atoms with Crippen LogP contribution >= 0.6 is 15.9 Å². The number of phenolic OH excluding ortho intramolecular Hbond substituents is 2. The van der Waals surface area contributed by atoms with Crippen LogP contribution in [-0.2, 0) is 26.3 Å². The minimum Gasteiger partial charge on any atom is -0.508 e. The number of aromatic nitrogens is 2. The van der Waals surface area contributed by atoms with Gasteiger partial charge >= 0.3 is 0 Å². The van der Waals surface area contributed by atoms with Crippen molar-refractivity contribution >= 4 is 37.7 Å². The Kier molecular flexibility index (Phi) is 18.6. The summed E-state index contributed by atoms with van der Waals surface area (Å²) in [6.45, 7) is 11.5. The van der Waals surface area contributed by atoms with Crippen LogP contribution in [0.3, 0.4) is 0 Å². The molecule has 10 heteroatoms. The number of alkyl halides is 1. The molecular formula is C68H70BrN3O6. The van der Waals surface area contributed by atoms with E-state index in [1.807, 2.05) is 72.8 Å². The summed E-state index contributed by atoms with van der Waals surface area (Å²) in [6, 6.07) is 64.9. The summed E-state index contributed by atoms with van der Waals surface area (Å²) in [7, 11) is 0. The highest BCUT2D eigenvalue weighted by Crippen LogP contribution is 2.39. The van der Waals surface area contributed by atoms with E-state index in [2.05, 4.69) is 147 Å². The van der Waals surface area contributed by atoms with Crippen LogP contribution in [-0.4, -0.2) is 62.4 Å². The zero-order valence-electron chi connectivity index (χ0n) is 43.9. The maximum atomic E-state index is 10.1. The molecule has 0 radical (unpaired) electrons. The van der Waals surface area contributed by atoms with Gasteiger partial charge in [0.25, 0.3) is 0 Å². The van der Waals surface area contributed by atoms with E-state index >= 15 is 0 Å². The lowest BCUT2D eigenvalue weighted by Gasteiger charge is -2.26. The van der Waals surface area contributed by atoms with E-state index in [9.17, 15) is 10.2 Å². The van der Waals surface area contributed by atoms with E-state index in [-0.39, 0.29) is 18.9 Å². The van der Waals surface area contributed by atoms with Crippen LogP contribution in [0, 0.1) is 13.8 Å². The summed E-state index contributed by atoms with van der Waals surface area (Å²) in [4.78, 5) is 2.49. The Balaban J connectivity index is 0.000000192. The molecule has 9 nitrogen and oxygen atoms in total. The fourth-order valence-electron chi connectivity index (χ4n) is 10.4. The number of likely N-dealkylation sites (tertiary alicyclic amines) is 1. The monoisotopic (exact) mass is 1100 g/mol. The van der Waals surface area contributed by atoms with Gasteiger partial charge in [-0.25, -0.2) is 0 Å². The van der Waals surface area contributed by atoms with E-state index in [0.29, 0.717) is 26.4 Å². The summed E-state index contributed by atoms with van der Waals surface area (Å²) < 4.78 is 28.8. The van der Waals surface area contributed by atoms with Crippen LogP contribution < -0.4 is 18.9 Å². The van der Waals surface area contributed by atoms with E-state index in [1.54, 1.807) is 18.2 Å². The first kappa shape index (κ1) is 54.9. The zero-order chi connectivity index (χ0) is 52.9. The first-order valence-corrected chi connectivity index (χ1v) is 27.8. The van der Waals surface area contributed by atoms with Gasteiger partial charge in [-0.3, -0.25) is 4.90 Å². The molecule has 0 bridgehead atoms. The number of benzene rings is 8. The third-order valence-electron chi connectivity index (χ3n) is 14.4. The predicted molar refractivity (Wildman–Crippen MR) is 322 cm³/mol. The quantitative estimate of drug-likeness (QED) is 0.0780. The third-order valence-corrected chi connectivity index (χ3v) is 14.7. The Morgan fingerprint density at radius 2 is 0.872 bits per heavy atom. The minimum absolute atomic E-state index is 0. The summed E-state index contributed by atoms with van der Waals surface area (Å²) in [6.07, 6.45) is 3.95. The first-order valence-electron chi connectivity index (χ1n) is 26.7. The topological polar surface area (TPSA) is 90.5 Å². The van der Waals surface area contributed by atoms with Crippen LogP contribution in [0.2, 0.25) is 0 Å². The van der Waals surface area contributed by atoms with Gasteiger partial charge in [0.1, 0.15) is 54.3 Å². The summed E-state index contributed by atoms with van der Waals surface area (Å²) in [5, 5.41) is 22.9. The van der Waals surface area contributed by atoms with Crippen molar-refractivity contribution in [3.63, 3.8) is 0 Å². The van der Waals surface area contributed by atoms with Crippen molar-refractivity contribution in [2.24, 2.45) is 0 Å². The van der Waals surface area contributed by atoms with Gasteiger partial charge in [0.15, 0.2) is 0 Å². The molecule has 8 aromatic carbocycles. The van der Waals surface area contributed by atoms with Crippen LogP contribution in [0.5, 0.6) is 34.5 Å². The summed E-state index contributed by atoms with van der Waals surface area (Å²) >= 11 is 3.43. The number of halogens is 1. The molecular weight excluding hydrogens is 1030 g/mol. The summed E-state index contributed by atoms with van der Waals surface area (Å²) in [5.41, 5.74) is 13.7. The Morgan fingerprint density at radius 3 is 1.41 bits per heavy atom. The number of hydrogen-bond acceptors (Lipinski definition) is 7. The standard InChI is InChI=1S/C38H34BrNO3.C29H32N2O3.CH4/c1-28-36-24-35(43-27-31-10-6-3-7-11-31)20-21-37(36)40(25-29-12-16-33(17-13-29)41-23-22-39)38(28)32-14-18-34(19-15-32)42-26-30-8-4-2-5-9-30;1-21-27-19-25(33)11-14-28(27)31(29(21)23-7-9-24(32)10-8-23)20-22-5-12-26(13-6-22)34-18-17-30-15-3-2-4-16-30;/h2-21,24H,22-23,25-27H2,1H3;5-14,19,32-33H,2-4,15-18,20H2,1H3;1H4. The minimum atomic E-state index is 0. The number of ether oxygens (including phenoxy) is 4. The number of hydrogen-bond donors (Lipinski definition) is 2. The van der Waals surface area contributed by atoms with E-state index < -0.39 is 0 Å². The molecule has 2 aromatic heterocycles. The molecule has 2 N–H and O–H groups in total. The predicted octanol–water partition coefficient (Wildman–Crippen LogP) is 16.2. The molecule has 0 atom stereocenters. The number of nitrogens with zero attached hydrogens (tertiary/aromatic N) is 3. The Hall–Kier alpha value is -7.92. The first-order chi connectivity index (χ1) is 37.8. The van der Waals surface area contributed by atoms with Crippen LogP contribution in [0.15, 0.2) is 194 Å². The molecule has 0 spiro atoms. The van der Waals surface area contributed by atoms with Crippen LogP contribution in [0.1, 0.15) is 60.1 Å². The van der Waals surface area contributed by atoms with Crippen molar-refractivity contribution in [2.45, 2.75) is 66.8 Å². The Bertz CT molecular complexity index is 3480. The SMILES string of the molecule is C.Cc1c(-c2ccc(O)cc2)n(Cc2ccc(OCCN3CCCCC3)cc2)c2ccc(O)cc12.Cc1c(-c2ccc(OCc3ccccc3)cc2)n(Cc2ccc(OCCBr)cc2)c2ccc(OCc3ccccc3)cc12. The number of aromatic hydroxyl groups is 2. The number of fused-ring (bicyclic) bond motifs is 2. The lowest BCUT2D eigenvalue weighted by atomic mass is 10.1. The molecule has 0 unspecified atom stereocenters. The Labute approximate surface area is 468 Å². The molecule has 78 heavy (non-hydrogen) atoms. The second-order valence-electron chi connectivity index (χ2n) is 19.7. The number of rotatable bonds is 19. The highest BCUT2D eigenvalue weighted by molar-refractivity contribution is 9.09. The molecule has 11 rings (SSSR count). The summed E-state index contributed by atoms with van der Waals surface area (Å²) in [5.74, 6) is 4.00. The van der Waals surface area contributed by atoms with E-state index in [4.69, 9.17) is 18.9 Å². The molecule has 1 fully saturated rings. The van der Waals surface area contributed by atoms with Gasteiger partial charge in [-0.1, -0.05) is 115 Å².